The number of hydrogen-bond acceptors (Lipinski definition) is 8. The molecular weight excluding hydrogens is 456 g/mol. The maximum Gasteiger partial charge on any atom is 0.238 e. The summed E-state index contributed by atoms with van der Waals surface area (Å²) in [7, 11) is -3.85. The Balaban J connectivity index is 1.49. The molecule has 5 N–H and O–H groups in total. The van der Waals surface area contributed by atoms with Crippen LogP contribution in [0.5, 0.6) is 0 Å². The molecular formula is C23H26N6O4S. The number of nitrogens with zero attached hydrogens (tertiary/aromatic N) is 4. The lowest BCUT2D eigenvalue weighted by Crippen LogP contribution is -2.40. The number of likely N-dealkylation sites (tertiary alicyclic amines) is 1. The van der Waals surface area contributed by atoms with Crippen LogP contribution in [0.1, 0.15) is 25.8 Å². The number of sulfonamides is 1. The highest BCUT2D eigenvalue weighted by Crippen LogP contribution is 2.37. The number of benzene rings is 1. The van der Waals surface area contributed by atoms with Gasteiger partial charge in [0.25, 0.3) is 0 Å². The van der Waals surface area contributed by atoms with E-state index in [0.717, 1.165) is 42.4 Å². The van der Waals surface area contributed by atoms with E-state index in [0.29, 0.717) is 16.9 Å². The van der Waals surface area contributed by atoms with E-state index in [-0.39, 0.29) is 16.8 Å². The second-order valence-electron chi connectivity index (χ2n) is 8.59. The van der Waals surface area contributed by atoms with E-state index in [1.54, 1.807) is 31.5 Å². The van der Waals surface area contributed by atoms with Gasteiger partial charge in [-0.1, -0.05) is 12.1 Å². The highest BCUT2D eigenvalue weighted by Gasteiger charge is 2.24. The Morgan fingerprint density at radius 1 is 1.18 bits per heavy atom. The summed E-state index contributed by atoms with van der Waals surface area (Å²) in [5.41, 5.74) is 8.76. The van der Waals surface area contributed by atoms with E-state index in [1.165, 1.54) is 12.1 Å². The lowest BCUT2D eigenvalue weighted by atomic mass is 10.0. The first-order valence-electron chi connectivity index (χ1n) is 11.0. The molecule has 4 heterocycles. The molecule has 0 aliphatic carbocycles. The van der Waals surface area contributed by atoms with Gasteiger partial charge in [-0.15, -0.1) is 0 Å². The Morgan fingerprint density at radius 3 is 2.65 bits per heavy atom. The SMILES string of the molecule is CC(O)N1CCC(n2cc(-c3cnc(N)c4oc(-c5cccc(S(N)(=O)=O)c5)cc34)cn2)CC1. The molecule has 0 saturated carbocycles. The number of anilines is 1. The Kier molecular flexibility index (Phi) is 5.64. The van der Waals surface area contributed by atoms with Crippen molar-refractivity contribution in [2.24, 2.45) is 5.14 Å². The minimum Gasteiger partial charge on any atom is -0.452 e. The molecule has 5 rings (SSSR count). The van der Waals surface area contributed by atoms with Gasteiger partial charge in [-0.05, 0) is 38.0 Å². The molecule has 1 atom stereocenters. The zero-order valence-electron chi connectivity index (χ0n) is 18.6. The molecule has 0 amide bonds. The number of rotatable bonds is 5. The minimum absolute atomic E-state index is 0.000285. The molecule has 3 aromatic heterocycles. The number of aliphatic hydroxyl groups is 1. The summed E-state index contributed by atoms with van der Waals surface area (Å²) in [4.78, 5) is 6.34. The molecule has 10 nitrogen and oxygen atoms in total. The Hall–Kier alpha value is -3.25. The number of pyridine rings is 1. The van der Waals surface area contributed by atoms with Crippen molar-refractivity contribution in [2.45, 2.75) is 36.9 Å². The number of nitrogens with two attached hydrogens (primary N) is 2. The van der Waals surface area contributed by atoms with Crippen LogP contribution in [0.2, 0.25) is 0 Å². The van der Waals surface area contributed by atoms with E-state index in [4.69, 9.17) is 15.3 Å². The van der Waals surface area contributed by atoms with Crippen molar-refractivity contribution in [2.75, 3.05) is 18.8 Å². The van der Waals surface area contributed by atoms with Crippen LogP contribution in [0, 0.1) is 0 Å². The molecule has 34 heavy (non-hydrogen) atoms. The van der Waals surface area contributed by atoms with Crippen molar-refractivity contribution < 1.29 is 17.9 Å². The van der Waals surface area contributed by atoms with Crippen LogP contribution in [0.3, 0.4) is 0 Å². The lowest BCUT2D eigenvalue weighted by Gasteiger charge is -2.33. The third-order valence-electron chi connectivity index (χ3n) is 6.35. The highest BCUT2D eigenvalue weighted by molar-refractivity contribution is 7.89. The number of piperidine rings is 1. The zero-order valence-corrected chi connectivity index (χ0v) is 19.4. The molecule has 1 aliphatic rings. The second-order valence-corrected chi connectivity index (χ2v) is 10.2. The van der Waals surface area contributed by atoms with Crippen molar-refractivity contribution in [3.63, 3.8) is 0 Å². The van der Waals surface area contributed by atoms with E-state index in [1.807, 2.05) is 21.8 Å². The van der Waals surface area contributed by atoms with Gasteiger partial charge in [-0.25, -0.2) is 18.5 Å². The molecule has 0 spiro atoms. The van der Waals surface area contributed by atoms with Gasteiger partial charge in [0.1, 0.15) is 12.0 Å². The van der Waals surface area contributed by atoms with Gasteiger partial charge >= 0.3 is 0 Å². The Morgan fingerprint density at radius 2 is 1.94 bits per heavy atom. The number of nitrogen functional groups attached to an aromatic ring is 1. The first kappa shape index (κ1) is 22.5. The number of aliphatic hydroxyl groups excluding tert-OH is 1. The summed E-state index contributed by atoms with van der Waals surface area (Å²) in [6.45, 7) is 3.41. The third-order valence-corrected chi connectivity index (χ3v) is 7.26. The predicted molar refractivity (Wildman–Crippen MR) is 128 cm³/mol. The fourth-order valence-corrected chi connectivity index (χ4v) is 5.00. The summed E-state index contributed by atoms with van der Waals surface area (Å²) >= 11 is 0. The van der Waals surface area contributed by atoms with Crippen molar-refractivity contribution in [1.82, 2.24) is 19.7 Å². The van der Waals surface area contributed by atoms with E-state index < -0.39 is 16.3 Å². The predicted octanol–water partition coefficient (Wildman–Crippen LogP) is 2.56. The van der Waals surface area contributed by atoms with Gasteiger partial charge in [0.2, 0.25) is 10.0 Å². The minimum atomic E-state index is -3.85. The molecule has 1 aliphatic heterocycles. The van der Waals surface area contributed by atoms with Crippen LogP contribution >= 0.6 is 0 Å². The zero-order chi connectivity index (χ0) is 24.0. The molecule has 1 fully saturated rings. The molecule has 1 unspecified atom stereocenters. The third kappa shape index (κ3) is 4.18. The second kappa shape index (κ2) is 8.51. The summed E-state index contributed by atoms with van der Waals surface area (Å²) in [5.74, 6) is 0.699. The van der Waals surface area contributed by atoms with Gasteiger partial charge in [0.15, 0.2) is 11.4 Å². The van der Waals surface area contributed by atoms with Gasteiger partial charge in [0, 0.05) is 47.6 Å². The number of fused-ring (bicyclic) bond motifs is 1. The number of furan rings is 1. The van der Waals surface area contributed by atoms with Gasteiger partial charge in [0.05, 0.1) is 17.1 Å². The normalized spacial score (nSPS) is 16.8. The number of primary sulfonamides is 1. The van der Waals surface area contributed by atoms with Crippen molar-refractivity contribution >= 4 is 26.8 Å². The molecule has 1 aromatic carbocycles. The number of aromatic nitrogens is 3. The van der Waals surface area contributed by atoms with Crippen LogP contribution < -0.4 is 10.9 Å². The molecule has 0 radical (unpaired) electrons. The van der Waals surface area contributed by atoms with Crippen LogP contribution in [0.15, 0.2) is 58.2 Å². The first-order chi connectivity index (χ1) is 16.2. The lowest BCUT2D eigenvalue weighted by molar-refractivity contribution is -0.00286. The van der Waals surface area contributed by atoms with Gasteiger partial charge in [-0.2, -0.15) is 5.10 Å². The first-order valence-corrected chi connectivity index (χ1v) is 12.5. The smallest absolute Gasteiger partial charge is 0.238 e. The maximum atomic E-state index is 11.8. The molecule has 178 valence electrons. The van der Waals surface area contributed by atoms with E-state index >= 15 is 0 Å². The maximum absolute atomic E-state index is 11.8. The highest BCUT2D eigenvalue weighted by atomic mass is 32.2. The largest absolute Gasteiger partial charge is 0.452 e. The summed E-state index contributed by atoms with van der Waals surface area (Å²) < 4.78 is 31.5. The quantitative estimate of drug-likeness (QED) is 0.392. The van der Waals surface area contributed by atoms with Crippen LogP contribution in [-0.4, -0.2) is 52.5 Å². The van der Waals surface area contributed by atoms with E-state index in [2.05, 4.69) is 10.1 Å². The molecule has 11 heteroatoms. The van der Waals surface area contributed by atoms with Crippen LogP contribution in [-0.2, 0) is 10.0 Å². The average molecular weight is 483 g/mol. The van der Waals surface area contributed by atoms with Crippen molar-refractivity contribution in [3.8, 4) is 22.5 Å². The van der Waals surface area contributed by atoms with Crippen molar-refractivity contribution in [1.29, 1.82) is 0 Å². The Labute approximate surface area is 196 Å². The fraction of sp³-hybridized carbons (Fsp3) is 0.304. The number of hydrogen-bond donors (Lipinski definition) is 3. The monoisotopic (exact) mass is 482 g/mol. The Bertz CT molecular complexity index is 1450. The molecule has 4 aromatic rings. The summed E-state index contributed by atoms with van der Waals surface area (Å²) in [5, 5.41) is 20.4. The van der Waals surface area contributed by atoms with Gasteiger partial charge < -0.3 is 15.3 Å². The average Bonchev–Trinajstić information content (AvgIpc) is 3.48. The standard InChI is InChI=1S/C23H26N6O4S/c1-14(30)28-7-5-17(6-8-28)29-13-16(11-27-29)20-12-26-23(24)22-19(20)10-21(33-22)15-3-2-4-18(9-15)34(25,31)32/h2-4,9-14,17,30H,5-8H2,1H3,(H2,24,26)(H2,25,31,32). The summed E-state index contributed by atoms with van der Waals surface area (Å²) in [6.07, 6.45) is 6.83. The van der Waals surface area contributed by atoms with Crippen LogP contribution in [0.4, 0.5) is 5.82 Å². The van der Waals surface area contributed by atoms with Crippen molar-refractivity contribution in [3.05, 3.63) is 48.9 Å². The molecule has 0 bridgehead atoms. The van der Waals surface area contributed by atoms with Gasteiger partial charge in [-0.3, -0.25) is 9.58 Å². The molecule has 1 saturated heterocycles. The fourth-order valence-electron chi connectivity index (χ4n) is 4.44. The van der Waals surface area contributed by atoms with Crippen LogP contribution in [0.25, 0.3) is 33.4 Å². The topological polar surface area (TPSA) is 154 Å². The summed E-state index contributed by atoms with van der Waals surface area (Å²) in [6, 6.07) is 8.33. The van der Waals surface area contributed by atoms with E-state index in [9.17, 15) is 13.5 Å².